The molecule has 0 aliphatic rings. The van der Waals surface area contributed by atoms with Gasteiger partial charge in [-0.05, 0) is 23.6 Å². The van der Waals surface area contributed by atoms with Gasteiger partial charge in [0.2, 0.25) is 0 Å². The summed E-state index contributed by atoms with van der Waals surface area (Å²) in [5.41, 5.74) is 3.11. The van der Waals surface area contributed by atoms with Crippen LogP contribution in [0.2, 0.25) is 0 Å². The summed E-state index contributed by atoms with van der Waals surface area (Å²) in [6, 6.07) is 5.75. The minimum atomic E-state index is 0.447. The molecule has 0 atom stereocenters. The largest absolute Gasteiger partial charge is 0.303 e. The zero-order chi connectivity index (χ0) is 9.68. The third-order valence-electron chi connectivity index (χ3n) is 2.03. The molecule has 0 amide bonds. The highest BCUT2D eigenvalue weighted by atomic mass is 16.1. The molecule has 0 aliphatic carbocycles. The van der Waals surface area contributed by atoms with Crippen LogP contribution in [0.15, 0.2) is 18.2 Å². The number of hydrogen-bond acceptors (Lipinski definition) is 2. The molecule has 0 saturated heterocycles. The van der Waals surface area contributed by atoms with Crippen LogP contribution in [0.1, 0.15) is 16.7 Å². The van der Waals surface area contributed by atoms with E-state index in [1.54, 1.807) is 0 Å². The fourth-order valence-electron chi connectivity index (χ4n) is 1.30. The molecular formula is C11H12O2. The zero-order valence-electron chi connectivity index (χ0n) is 7.62. The normalized spacial score (nSPS) is 9.62. The average Bonchev–Trinajstić information content (AvgIpc) is 2.10. The molecule has 0 bridgehead atoms. The number of carbonyl (C=O) groups is 2. The van der Waals surface area contributed by atoms with Crippen LogP contribution in [0.4, 0.5) is 0 Å². The van der Waals surface area contributed by atoms with Gasteiger partial charge < -0.3 is 9.59 Å². The Balaban J connectivity index is 2.90. The number of rotatable bonds is 4. The van der Waals surface area contributed by atoms with Crippen LogP contribution < -0.4 is 0 Å². The van der Waals surface area contributed by atoms with E-state index in [4.69, 9.17) is 0 Å². The summed E-state index contributed by atoms with van der Waals surface area (Å²) >= 11 is 0. The fraction of sp³-hybridized carbons (Fsp3) is 0.273. The van der Waals surface area contributed by atoms with Crippen molar-refractivity contribution in [1.29, 1.82) is 0 Å². The Morgan fingerprint density at radius 1 is 1.15 bits per heavy atom. The van der Waals surface area contributed by atoms with Crippen molar-refractivity contribution in [2.45, 2.75) is 19.8 Å². The van der Waals surface area contributed by atoms with Crippen molar-refractivity contribution in [2.75, 3.05) is 0 Å². The fourth-order valence-corrected chi connectivity index (χ4v) is 1.30. The number of aryl methyl sites for hydroxylation is 1. The van der Waals surface area contributed by atoms with Gasteiger partial charge in [-0.1, -0.05) is 18.2 Å². The molecule has 0 heterocycles. The van der Waals surface area contributed by atoms with Gasteiger partial charge in [0.05, 0.1) is 0 Å². The van der Waals surface area contributed by atoms with E-state index in [1.165, 1.54) is 0 Å². The highest BCUT2D eigenvalue weighted by Crippen LogP contribution is 2.11. The van der Waals surface area contributed by atoms with Gasteiger partial charge in [-0.3, -0.25) is 0 Å². The SMILES string of the molecule is Cc1cc(CC=O)ccc1CC=O. The molecule has 0 fully saturated rings. The Labute approximate surface area is 77.6 Å². The summed E-state index contributed by atoms with van der Waals surface area (Å²) in [6.45, 7) is 1.95. The summed E-state index contributed by atoms with van der Waals surface area (Å²) in [6.07, 6.45) is 2.67. The third-order valence-corrected chi connectivity index (χ3v) is 2.03. The van der Waals surface area contributed by atoms with Gasteiger partial charge in [0.15, 0.2) is 0 Å². The van der Waals surface area contributed by atoms with Gasteiger partial charge in [-0.2, -0.15) is 0 Å². The van der Waals surface area contributed by atoms with E-state index in [0.717, 1.165) is 29.3 Å². The van der Waals surface area contributed by atoms with Crippen LogP contribution in [-0.2, 0) is 22.4 Å². The van der Waals surface area contributed by atoms with Crippen molar-refractivity contribution in [3.05, 3.63) is 34.9 Å². The first-order valence-corrected chi connectivity index (χ1v) is 4.23. The highest BCUT2D eigenvalue weighted by Gasteiger charge is 1.98. The van der Waals surface area contributed by atoms with Crippen LogP contribution in [0.25, 0.3) is 0 Å². The lowest BCUT2D eigenvalue weighted by atomic mass is 10.0. The lowest BCUT2D eigenvalue weighted by molar-refractivity contribution is -0.108. The second-order valence-corrected chi connectivity index (χ2v) is 3.00. The van der Waals surface area contributed by atoms with Gasteiger partial charge in [-0.15, -0.1) is 0 Å². The molecule has 0 spiro atoms. The van der Waals surface area contributed by atoms with E-state index in [0.29, 0.717) is 12.8 Å². The Morgan fingerprint density at radius 2 is 1.85 bits per heavy atom. The molecular weight excluding hydrogens is 164 g/mol. The van der Waals surface area contributed by atoms with Crippen molar-refractivity contribution in [1.82, 2.24) is 0 Å². The van der Waals surface area contributed by atoms with Gasteiger partial charge in [0.25, 0.3) is 0 Å². The standard InChI is InChI=1S/C11H12O2/c1-9-8-10(4-6-12)2-3-11(9)5-7-13/h2-3,6-8H,4-5H2,1H3. The van der Waals surface area contributed by atoms with Crippen LogP contribution in [0.5, 0.6) is 0 Å². The van der Waals surface area contributed by atoms with Crippen LogP contribution in [0, 0.1) is 6.92 Å². The van der Waals surface area contributed by atoms with Crippen molar-refractivity contribution in [3.8, 4) is 0 Å². The molecule has 0 aromatic heterocycles. The molecule has 13 heavy (non-hydrogen) atoms. The lowest BCUT2D eigenvalue weighted by Crippen LogP contribution is -1.93. The summed E-state index contributed by atoms with van der Waals surface area (Å²) < 4.78 is 0. The molecule has 0 unspecified atom stereocenters. The average molecular weight is 176 g/mol. The topological polar surface area (TPSA) is 34.1 Å². The van der Waals surface area contributed by atoms with Crippen molar-refractivity contribution in [3.63, 3.8) is 0 Å². The highest BCUT2D eigenvalue weighted by molar-refractivity contribution is 5.58. The van der Waals surface area contributed by atoms with E-state index < -0.39 is 0 Å². The molecule has 68 valence electrons. The molecule has 0 N–H and O–H groups in total. The molecule has 0 aliphatic heterocycles. The van der Waals surface area contributed by atoms with E-state index in [2.05, 4.69) is 0 Å². The zero-order valence-corrected chi connectivity index (χ0v) is 7.62. The second kappa shape index (κ2) is 4.55. The number of hydrogen-bond donors (Lipinski definition) is 0. The van der Waals surface area contributed by atoms with Crippen molar-refractivity contribution >= 4 is 12.6 Å². The van der Waals surface area contributed by atoms with E-state index in [9.17, 15) is 9.59 Å². The minimum absolute atomic E-state index is 0.447. The van der Waals surface area contributed by atoms with Crippen LogP contribution in [0.3, 0.4) is 0 Å². The monoisotopic (exact) mass is 176 g/mol. The summed E-state index contributed by atoms with van der Waals surface area (Å²) in [5.74, 6) is 0. The summed E-state index contributed by atoms with van der Waals surface area (Å²) in [4.78, 5) is 20.5. The molecule has 1 aromatic rings. The molecule has 0 saturated carbocycles. The molecule has 2 heteroatoms. The van der Waals surface area contributed by atoms with Gasteiger partial charge in [-0.25, -0.2) is 0 Å². The molecule has 2 nitrogen and oxygen atoms in total. The van der Waals surface area contributed by atoms with Gasteiger partial charge in [0.1, 0.15) is 12.6 Å². The van der Waals surface area contributed by atoms with Gasteiger partial charge >= 0.3 is 0 Å². The molecule has 1 rings (SSSR count). The third kappa shape index (κ3) is 2.51. The summed E-state index contributed by atoms with van der Waals surface area (Å²) in [5, 5.41) is 0. The maximum Gasteiger partial charge on any atom is 0.124 e. The Bertz CT molecular complexity index is 316. The Morgan fingerprint density at radius 3 is 2.38 bits per heavy atom. The Hall–Kier alpha value is -1.44. The Kier molecular flexibility index (Phi) is 3.38. The predicted molar refractivity (Wildman–Crippen MR) is 50.7 cm³/mol. The molecule has 1 aromatic carbocycles. The first kappa shape index (κ1) is 9.65. The van der Waals surface area contributed by atoms with E-state index in [1.807, 2.05) is 25.1 Å². The number of aldehydes is 2. The minimum Gasteiger partial charge on any atom is -0.303 e. The van der Waals surface area contributed by atoms with E-state index in [-0.39, 0.29) is 0 Å². The van der Waals surface area contributed by atoms with Crippen LogP contribution >= 0.6 is 0 Å². The van der Waals surface area contributed by atoms with Crippen molar-refractivity contribution in [2.24, 2.45) is 0 Å². The quantitative estimate of drug-likeness (QED) is 0.651. The van der Waals surface area contributed by atoms with Crippen LogP contribution in [-0.4, -0.2) is 12.6 Å². The lowest BCUT2D eigenvalue weighted by Gasteiger charge is -2.03. The number of benzene rings is 1. The van der Waals surface area contributed by atoms with E-state index >= 15 is 0 Å². The smallest absolute Gasteiger partial charge is 0.124 e. The second-order valence-electron chi connectivity index (χ2n) is 3.00. The summed E-state index contributed by atoms with van der Waals surface area (Å²) in [7, 11) is 0. The predicted octanol–water partition coefficient (Wildman–Crippen LogP) is 1.48. The number of carbonyl (C=O) groups excluding carboxylic acids is 2. The maximum atomic E-state index is 10.3. The van der Waals surface area contributed by atoms with Gasteiger partial charge in [0, 0.05) is 12.8 Å². The first-order valence-electron chi connectivity index (χ1n) is 4.23. The first-order chi connectivity index (χ1) is 6.27. The maximum absolute atomic E-state index is 10.3. The molecule has 0 radical (unpaired) electrons. The van der Waals surface area contributed by atoms with Crippen molar-refractivity contribution < 1.29 is 9.59 Å².